The second-order valence-corrected chi connectivity index (χ2v) is 6.04. The maximum Gasteiger partial charge on any atom is 0.231 e. The Balaban J connectivity index is 0.00000210. The summed E-state index contributed by atoms with van der Waals surface area (Å²) < 4.78 is 16.7. The zero-order chi connectivity index (χ0) is 17.6. The predicted molar refractivity (Wildman–Crippen MR) is 105 cm³/mol. The van der Waals surface area contributed by atoms with Crippen LogP contribution < -0.4 is 19.5 Å². The molecule has 2 heterocycles. The third-order valence-electron chi connectivity index (χ3n) is 4.20. The number of para-hydroxylation sites is 1. The van der Waals surface area contributed by atoms with Crippen molar-refractivity contribution in [3.05, 3.63) is 83.7 Å². The van der Waals surface area contributed by atoms with Gasteiger partial charge in [-0.25, -0.2) is 0 Å². The highest BCUT2D eigenvalue weighted by molar-refractivity contribution is 5.85. The molecule has 0 bridgehead atoms. The van der Waals surface area contributed by atoms with E-state index in [2.05, 4.69) is 16.4 Å². The normalized spacial score (nSPS) is 11.7. The van der Waals surface area contributed by atoms with E-state index < -0.39 is 0 Å². The van der Waals surface area contributed by atoms with Crippen molar-refractivity contribution >= 4 is 12.4 Å². The lowest BCUT2D eigenvalue weighted by atomic mass is 10.1. The fourth-order valence-corrected chi connectivity index (χ4v) is 2.82. The second kappa shape index (κ2) is 9.26. The molecular weight excluding hydrogens is 364 g/mol. The molecule has 1 aliphatic rings. The SMILES string of the molecule is Cl.c1ccc(OCc2ccncc2)c(CNCc2ccc3c(c2)OCO3)c1. The molecule has 0 aliphatic carbocycles. The minimum atomic E-state index is 0. The van der Waals surface area contributed by atoms with E-state index in [1.807, 2.05) is 48.5 Å². The Morgan fingerprint density at radius 2 is 1.70 bits per heavy atom. The molecule has 1 N–H and O–H groups in total. The third-order valence-corrected chi connectivity index (χ3v) is 4.20. The van der Waals surface area contributed by atoms with Gasteiger partial charge >= 0.3 is 0 Å². The number of hydrogen-bond acceptors (Lipinski definition) is 5. The Morgan fingerprint density at radius 3 is 2.59 bits per heavy atom. The number of halogens is 1. The van der Waals surface area contributed by atoms with Gasteiger partial charge in [0.15, 0.2) is 11.5 Å². The zero-order valence-electron chi connectivity index (χ0n) is 14.8. The summed E-state index contributed by atoms with van der Waals surface area (Å²) >= 11 is 0. The summed E-state index contributed by atoms with van der Waals surface area (Å²) in [6.07, 6.45) is 3.55. The van der Waals surface area contributed by atoms with E-state index in [4.69, 9.17) is 14.2 Å². The Kier molecular flexibility index (Phi) is 6.52. The van der Waals surface area contributed by atoms with E-state index in [-0.39, 0.29) is 12.4 Å². The average Bonchev–Trinajstić information content (AvgIpc) is 3.16. The van der Waals surface area contributed by atoms with Gasteiger partial charge in [-0.2, -0.15) is 0 Å². The van der Waals surface area contributed by atoms with Crippen LogP contribution in [0.3, 0.4) is 0 Å². The first-order valence-corrected chi connectivity index (χ1v) is 8.57. The van der Waals surface area contributed by atoms with Crippen LogP contribution in [0.5, 0.6) is 17.2 Å². The number of benzene rings is 2. The highest BCUT2D eigenvalue weighted by Crippen LogP contribution is 2.32. The van der Waals surface area contributed by atoms with Crippen LogP contribution in [-0.2, 0) is 19.7 Å². The van der Waals surface area contributed by atoms with Crippen LogP contribution in [0.15, 0.2) is 67.0 Å². The van der Waals surface area contributed by atoms with Gasteiger partial charge in [-0.05, 0) is 41.5 Å². The molecule has 0 saturated heterocycles. The molecule has 4 rings (SSSR count). The van der Waals surface area contributed by atoms with Crippen molar-refractivity contribution in [1.82, 2.24) is 10.3 Å². The Morgan fingerprint density at radius 1 is 0.889 bits per heavy atom. The summed E-state index contributed by atoms with van der Waals surface area (Å²) in [6.45, 7) is 2.30. The molecule has 140 valence electrons. The van der Waals surface area contributed by atoms with E-state index in [9.17, 15) is 0 Å². The number of rotatable bonds is 7. The third kappa shape index (κ3) is 4.90. The summed E-state index contributed by atoms with van der Waals surface area (Å²) in [4.78, 5) is 4.03. The van der Waals surface area contributed by atoms with Gasteiger partial charge in [-0.3, -0.25) is 4.98 Å². The maximum absolute atomic E-state index is 5.98. The van der Waals surface area contributed by atoms with Crippen molar-refractivity contribution < 1.29 is 14.2 Å². The molecule has 5 nitrogen and oxygen atoms in total. The lowest BCUT2D eigenvalue weighted by molar-refractivity contribution is 0.174. The minimum Gasteiger partial charge on any atom is -0.489 e. The van der Waals surface area contributed by atoms with Gasteiger partial charge in [0, 0.05) is 31.0 Å². The minimum absolute atomic E-state index is 0. The zero-order valence-corrected chi connectivity index (χ0v) is 15.6. The fraction of sp³-hybridized carbons (Fsp3) is 0.190. The van der Waals surface area contributed by atoms with E-state index in [1.54, 1.807) is 12.4 Å². The quantitative estimate of drug-likeness (QED) is 0.664. The van der Waals surface area contributed by atoms with Crippen molar-refractivity contribution in [2.24, 2.45) is 0 Å². The van der Waals surface area contributed by atoms with Crippen LogP contribution in [0.25, 0.3) is 0 Å². The number of nitrogens with one attached hydrogen (secondary N) is 1. The van der Waals surface area contributed by atoms with Crippen molar-refractivity contribution in [1.29, 1.82) is 0 Å². The summed E-state index contributed by atoms with van der Waals surface area (Å²) in [5.74, 6) is 2.51. The molecule has 0 amide bonds. The van der Waals surface area contributed by atoms with Crippen molar-refractivity contribution in [3.63, 3.8) is 0 Å². The molecule has 0 spiro atoms. The van der Waals surface area contributed by atoms with Gasteiger partial charge in [0.2, 0.25) is 6.79 Å². The van der Waals surface area contributed by atoms with Gasteiger partial charge in [-0.15, -0.1) is 12.4 Å². The van der Waals surface area contributed by atoms with Gasteiger partial charge in [0.25, 0.3) is 0 Å². The molecule has 3 aromatic rings. The highest BCUT2D eigenvalue weighted by Gasteiger charge is 2.13. The first kappa shape index (κ1) is 19.0. The number of nitrogens with zero attached hydrogens (tertiary/aromatic N) is 1. The maximum atomic E-state index is 5.98. The molecule has 0 atom stereocenters. The number of aromatic nitrogens is 1. The predicted octanol–water partition coefficient (Wildman–Crippen LogP) is 4.10. The van der Waals surface area contributed by atoms with Crippen LogP contribution in [0.1, 0.15) is 16.7 Å². The highest BCUT2D eigenvalue weighted by atomic mass is 35.5. The lowest BCUT2D eigenvalue weighted by Crippen LogP contribution is -2.13. The summed E-state index contributed by atoms with van der Waals surface area (Å²) in [5, 5.41) is 3.46. The topological polar surface area (TPSA) is 52.6 Å². The van der Waals surface area contributed by atoms with E-state index >= 15 is 0 Å². The monoisotopic (exact) mass is 384 g/mol. The number of fused-ring (bicyclic) bond motifs is 1. The van der Waals surface area contributed by atoms with E-state index in [0.717, 1.165) is 47.0 Å². The summed E-state index contributed by atoms with van der Waals surface area (Å²) in [5.41, 5.74) is 3.38. The molecule has 0 unspecified atom stereocenters. The Hall–Kier alpha value is -2.76. The van der Waals surface area contributed by atoms with Crippen LogP contribution in [0.4, 0.5) is 0 Å². The molecule has 2 aromatic carbocycles. The number of pyridine rings is 1. The largest absolute Gasteiger partial charge is 0.489 e. The molecule has 0 fully saturated rings. The number of ether oxygens (including phenoxy) is 3. The van der Waals surface area contributed by atoms with Crippen molar-refractivity contribution in [2.75, 3.05) is 6.79 Å². The van der Waals surface area contributed by atoms with Crippen LogP contribution >= 0.6 is 12.4 Å². The van der Waals surface area contributed by atoms with Gasteiger partial charge in [-0.1, -0.05) is 24.3 Å². The lowest BCUT2D eigenvalue weighted by Gasteiger charge is -2.12. The van der Waals surface area contributed by atoms with E-state index in [0.29, 0.717) is 13.4 Å². The summed E-state index contributed by atoms with van der Waals surface area (Å²) in [7, 11) is 0. The standard InChI is InChI=1S/C21H20N2O3.ClH/c1-2-4-19(24-14-16-7-9-22-10-8-16)18(3-1)13-23-12-17-5-6-20-21(11-17)26-15-25-20;/h1-11,23H,12-15H2;1H. The molecule has 27 heavy (non-hydrogen) atoms. The molecule has 1 aliphatic heterocycles. The molecule has 1 aromatic heterocycles. The van der Waals surface area contributed by atoms with E-state index in [1.165, 1.54) is 0 Å². The molecular formula is C21H21ClN2O3. The molecule has 6 heteroatoms. The Bertz CT molecular complexity index is 874. The first-order chi connectivity index (χ1) is 12.9. The van der Waals surface area contributed by atoms with Crippen LogP contribution in [0, 0.1) is 0 Å². The van der Waals surface area contributed by atoms with Gasteiger partial charge < -0.3 is 19.5 Å². The first-order valence-electron chi connectivity index (χ1n) is 8.57. The summed E-state index contributed by atoms with van der Waals surface area (Å²) in [6, 6.07) is 18.0. The molecule has 0 radical (unpaired) electrons. The van der Waals surface area contributed by atoms with Gasteiger partial charge in [0.05, 0.1) is 0 Å². The smallest absolute Gasteiger partial charge is 0.231 e. The second-order valence-electron chi connectivity index (χ2n) is 6.04. The van der Waals surface area contributed by atoms with Crippen molar-refractivity contribution in [3.8, 4) is 17.2 Å². The van der Waals surface area contributed by atoms with Crippen LogP contribution in [0.2, 0.25) is 0 Å². The van der Waals surface area contributed by atoms with Crippen LogP contribution in [-0.4, -0.2) is 11.8 Å². The van der Waals surface area contributed by atoms with Gasteiger partial charge in [0.1, 0.15) is 12.4 Å². The average molecular weight is 385 g/mol. The molecule has 0 saturated carbocycles. The fourth-order valence-electron chi connectivity index (χ4n) is 2.82. The number of hydrogen-bond donors (Lipinski definition) is 1. The van der Waals surface area contributed by atoms with Crippen molar-refractivity contribution in [2.45, 2.75) is 19.7 Å². The Labute approximate surface area is 164 Å².